The molecule has 3 aromatic heterocycles. The zero-order valence-electron chi connectivity index (χ0n) is 20.7. The predicted molar refractivity (Wildman–Crippen MR) is 143 cm³/mol. The van der Waals surface area contributed by atoms with Crippen LogP contribution in [-0.2, 0) is 13.0 Å². The third-order valence-electron chi connectivity index (χ3n) is 7.29. The number of thiazole rings is 1. The van der Waals surface area contributed by atoms with Gasteiger partial charge in [-0.15, -0.1) is 11.3 Å². The van der Waals surface area contributed by atoms with Crippen molar-refractivity contribution in [3.63, 3.8) is 0 Å². The van der Waals surface area contributed by atoms with Crippen LogP contribution < -0.4 is 10.6 Å². The summed E-state index contributed by atoms with van der Waals surface area (Å²) in [5.74, 6) is -0.298. The highest BCUT2D eigenvalue weighted by atomic mass is 32.1. The number of aromatic nitrogens is 5. The van der Waals surface area contributed by atoms with Crippen LogP contribution in [0.5, 0.6) is 0 Å². The second-order valence-electron chi connectivity index (χ2n) is 9.86. The van der Waals surface area contributed by atoms with E-state index in [4.69, 9.17) is 4.98 Å². The van der Waals surface area contributed by atoms with Crippen LogP contribution in [-0.4, -0.2) is 58.9 Å². The van der Waals surface area contributed by atoms with Crippen molar-refractivity contribution in [1.29, 1.82) is 0 Å². The maximum atomic E-state index is 14.7. The molecule has 0 aliphatic heterocycles. The van der Waals surface area contributed by atoms with E-state index in [1.807, 2.05) is 6.92 Å². The van der Waals surface area contributed by atoms with Crippen molar-refractivity contribution in [2.75, 3.05) is 17.2 Å². The van der Waals surface area contributed by atoms with Crippen molar-refractivity contribution < 1.29 is 19.7 Å². The summed E-state index contributed by atoms with van der Waals surface area (Å²) in [4.78, 5) is 15.2. The van der Waals surface area contributed by atoms with Crippen LogP contribution in [0, 0.1) is 18.7 Å². The van der Waals surface area contributed by atoms with Crippen molar-refractivity contribution in [3.05, 3.63) is 52.1 Å². The van der Waals surface area contributed by atoms with Gasteiger partial charge in [0, 0.05) is 30.0 Å². The van der Waals surface area contributed by atoms with E-state index in [2.05, 4.69) is 43.0 Å². The smallest absolute Gasteiger partial charge is 0.225 e. The number of anilines is 2. The number of aliphatic hydroxyl groups is 3. The quantitative estimate of drug-likeness (QED) is 0.195. The molecule has 6 N–H and O–H groups in total. The van der Waals surface area contributed by atoms with E-state index >= 15 is 0 Å². The van der Waals surface area contributed by atoms with Crippen LogP contribution in [0.3, 0.4) is 0 Å². The van der Waals surface area contributed by atoms with Crippen LogP contribution in [0.25, 0.3) is 27.6 Å². The lowest BCUT2D eigenvalue weighted by molar-refractivity contribution is -0.0545. The van der Waals surface area contributed by atoms with Crippen molar-refractivity contribution in [2.45, 2.75) is 51.0 Å². The molecule has 0 radical (unpaired) electrons. The fourth-order valence-corrected chi connectivity index (χ4v) is 6.28. The molecular formula is C26H28FN7O3S. The molecule has 0 bridgehead atoms. The summed E-state index contributed by atoms with van der Waals surface area (Å²) < 4.78 is 14.7. The lowest BCUT2D eigenvalue weighted by Gasteiger charge is -2.31. The van der Waals surface area contributed by atoms with Crippen LogP contribution in [0.4, 0.5) is 16.2 Å². The molecule has 1 aromatic carbocycles. The lowest BCUT2D eigenvalue weighted by Crippen LogP contribution is -2.48. The van der Waals surface area contributed by atoms with Crippen LogP contribution in [0.15, 0.2) is 24.4 Å². The van der Waals surface area contributed by atoms with Gasteiger partial charge in [0.25, 0.3) is 0 Å². The molecule has 12 heteroatoms. The molecule has 4 aromatic rings. The molecule has 2 aliphatic carbocycles. The number of aliphatic hydroxyl groups excluding tert-OH is 2. The topological polar surface area (TPSA) is 152 Å². The van der Waals surface area contributed by atoms with Gasteiger partial charge in [0.15, 0.2) is 5.72 Å². The Balaban J connectivity index is 1.36. The third-order valence-corrected chi connectivity index (χ3v) is 8.37. The fourth-order valence-electron chi connectivity index (χ4n) is 5.14. The Kier molecular flexibility index (Phi) is 6.34. The van der Waals surface area contributed by atoms with Gasteiger partial charge in [0.2, 0.25) is 5.95 Å². The summed E-state index contributed by atoms with van der Waals surface area (Å²) >= 11 is 1.52. The van der Waals surface area contributed by atoms with Crippen LogP contribution >= 0.6 is 11.3 Å². The Bertz CT molecular complexity index is 1540. The number of aryl methyl sites for hydroxylation is 2. The molecule has 6 rings (SSSR count). The maximum Gasteiger partial charge on any atom is 0.225 e. The largest absolute Gasteiger partial charge is 0.396 e. The highest BCUT2D eigenvalue weighted by Gasteiger charge is 2.47. The number of halogens is 1. The SMILES string of the molecule is Cc1nc(NCc2cc3cn[nH]c3cc2F)nc(N[C@@]2(O)CC[C@H](CO)[C@H]2O)c1-c1nc2c(s1)C=CCC2. The Morgan fingerprint density at radius 2 is 2.13 bits per heavy atom. The Labute approximate surface area is 221 Å². The van der Waals surface area contributed by atoms with Crippen LogP contribution in [0.1, 0.15) is 41.1 Å². The second kappa shape index (κ2) is 9.70. The van der Waals surface area contributed by atoms with Gasteiger partial charge < -0.3 is 26.0 Å². The van der Waals surface area contributed by atoms with Gasteiger partial charge >= 0.3 is 0 Å². The number of hydrogen-bond donors (Lipinski definition) is 6. The number of H-pyrrole nitrogens is 1. The summed E-state index contributed by atoms with van der Waals surface area (Å²) in [6.07, 6.45) is 7.08. The van der Waals surface area contributed by atoms with Gasteiger partial charge in [-0.3, -0.25) is 5.10 Å². The highest BCUT2D eigenvalue weighted by Crippen LogP contribution is 2.41. The van der Waals surface area contributed by atoms with Gasteiger partial charge in [0.1, 0.15) is 22.7 Å². The zero-order valence-corrected chi connectivity index (χ0v) is 21.5. The van der Waals surface area contributed by atoms with Gasteiger partial charge in [0.05, 0.1) is 33.5 Å². The van der Waals surface area contributed by atoms with Crippen LogP contribution in [0.2, 0.25) is 0 Å². The summed E-state index contributed by atoms with van der Waals surface area (Å²) in [6.45, 7) is 1.72. The molecule has 38 heavy (non-hydrogen) atoms. The molecule has 1 saturated carbocycles. The first-order valence-electron chi connectivity index (χ1n) is 12.5. The molecule has 0 saturated heterocycles. The van der Waals surface area contributed by atoms with E-state index < -0.39 is 17.7 Å². The molecule has 2 aliphatic rings. The average molecular weight is 538 g/mol. The normalized spacial score (nSPS) is 22.7. The van der Waals surface area contributed by atoms with E-state index in [0.717, 1.165) is 28.8 Å². The van der Waals surface area contributed by atoms with Crippen molar-refractivity contribution >= 4 is 40.1 Å². The number of hydrogen-bond acceptors (Lipinski definition) is 10. The minimum atomic E-state index is -1.69. The van der Waals surface area contributed by atoms with E-state index in [-0.39, 0.29) is 31.3 Å². The number of benzene rings is 1. The highest BCUT2D eigenvalue weighted by molar-refractivity contribution is 7.16. The molecule has 0 spiro atoms. The van der Waals surface area contributed by atoms with Crippen molar-refractivity contribution in [2.24, 2.45) is 5.92 Å². The molecule has 1 fully saturated rings. The first kappa shape index (κ1) is 24.9. The monoisotopic (exact) mass is 537 g/mol. The van der Waals surface area contributed by atoms with Crippen molar-refractivity contribution in [3.8, 4) is 10.6 Å². The standard InChI is InChI=1S/C26H28FN7O3S/c1-13-21(24-31-18-4-2-3-5-20(18)38-24)23(33-26(37)7-6-14(12-35)22(26)36)32-25(30-13)28-10-15-8-16-11-29-34-19(16)9-17(15)27/h3,5,8-9,11,14,22,35-37H,2,4,6-7,10,12H2,1H3,(H,29,34)(H2,28,30,32,33)/t14-,22-,26-/m1/s1. The molecular weight excluding hydrogens is 509 g/mol. The number of allylic oxidation sites excluding steroid dienone is 1. The lowest BCUT2D eigenvalue weighted by atomic mass is 10.0. The summed E-state index contributed by atoms with van der Waals surface area (Å²) in [6, 6.07) is 3.11. The Hall–Kier alpha value is -3.45. The minimum absolute atomic E-state index is 0.126. The molecule has 0 amide bonds. The number of nitrogens with one attached hydrogen (secondary N) is 3. The summed E-state index contributed by atoms with van der Waals surface area (Å²) in [7, 11) is 0. The Morgan fingerprint density at radius 3 is 2.92 bits per heavy atom. The van der Waals surface area contributed by atoms with E-state index in [9.17, 15) is 19.7 Å². The fraction of sp³-hybridized carbons (Fsp3) is 0.385. The number of fused-ring (bicyclic) bond motifs is 2. The van der Waals surface area contributed by atoms with Gasteiger partial charge in [-0.25, -0.2) is 14.4 Å². The van der Waals surface area contributed by atoms with Crippen molar-refractivity contribution in [1.82, 2.24) is 25.1 Å². The van der Waals surface area contributed by atoms with E-state index in [1.165, 1.54) is 17.4 Å². The van der Waals surface area contributed by atoms with Gasteiger partial charge in [-0.1, -0.05) is 6.08 Å². The number of aromatic amines is 1. The molecule has 10 nitrogen and oxygen atoms in total. The molecule has 3 atom stereocenters. The summed E-state index contributed by atoms with van der Waals surface area (Å²) in [5.41, 5.74) is 1.59. The average Bonchev–Trinajstić information content (AvgIpc) is 3.60. The molecule has 3 heterocycles. The van der Waals surface area contributed by atoms with E-state index in [0.29, 0.717) is 39.6 Å². The maximum absolute atomic E-state index is 14.7. The molecule has 198 valence electrons. The zero-order chi connectivity index (χ0) is 26.4. The first-order chi connectivity index (χ1) is 18.3. The number of rotatable bonds is 7. The minimum Gasteiger partial charge on any atom is -0.396 e. The summed E-state index contributed by atoms with van der Waals surface area (Å²) in [5, 5.41) is 46.0. The Morgan fingerprint density at radius 1 is 1.26 bits per heavy atom. The second-order valence-corrected chi connectivity index (χ2v) is 10.9. The molecule has 0 unspecified atom stereocenters. The van der Waals surface area contributed by atoms with Gasteiger partial charge in [-0.2, -0.15) is 10.1 Å². The first-order valence-corrected chi connectivity index (χ1v) is 13.4. The van der Waals surface area contributed by atoms with Gasteiger partial charge in [-0.05, 0) is 50.8 Å². The van der Waals surface area contributed by atoms with E-state index in [1.54, 1.807) is 12.3 Å². The predicted octanol–water partition coefficient (Wildman–Crippen LogP) is 3.36. The third kappa shape index (κ3) is 4.43. The number of nitrogens with zero attached hydrogens (tertiary/aromatic N) is 4.